The molecular formula is C21H24N6O. The Morgan fingerprint density at radius 1 is 1.21 bits per heavy atom. The van der Waals surface area contributed by atoms with Gasteiger partial charge in [-0.1, -0.05) is 26.0 Å². The summed E-state index contributed by atoms with van der Waals surface area (Å²) >= 11 is 0. The lowest BCUT2D eigenvalue weighted by Crippen LogP contribution is -2.33. The Bertz CT molecular complexity index is 1110. The molecule has 0 radical (unpaired) electrons. The van der Waals surface area contributed by atoms with Crippen molar-refractivity contribution in [2.24, 2.45) is 0 Å². The number of para-hydroxylation sites is 2. The highest BCUT2D eigenvalue weighted by Crippen LogP contribution is 2.24. The molecule has 0 bridgehead atoms. The molecule has 0 saturated carbocycles. The van der Waals surface area contributed by atoms with E-state index in [0.29, 0.717) is 13.0 Å². The van der Waals surface area contributed by atoms with Gasteiger partial charge in [0.2, 0.25) is 5.91 Å². The highest BCUT2D eigenvalue weighted by Gasteiger charge is 2.23. The molecule has 1 aromatic carbocycles. The lowest BCUT2D eigenvalue weighted by Gasteiger charge is -2.20. The maximum absolute atomic E-state index is 13.1. The van der Waals surface area contributed by atoms with Crippen LogP contribution in [0.4, 0.5) is 0 Å². The summed E-state index contributed by atoms with van der Waals surface area (Å²) < 4.78 is 4.04. The lowest BCUT2D eigenvalue weighted by atomic mass is 10.1. The monoisotopic (exact) mass is 376 g/mol. The van der Waals surface area contributed by atoms with Crippen LogP contribution in [0.15, 0.2) is 49.1 Å². The Morgan fingerprint density at radius 2 is 2.07 bits per heavy atom. The quantitative estimate of drug-likeness (QED) is 0.537. The topological polar surface area (TPSA) is 77.1 Å². The summed E-state index contributed by atoms with van der Waals surface area (Å²) in [5.41, 5.74) is 3.63. The largest absolute Gasteiger partial charge is 0.349 e. The number of carbonyl (C=O) groups is 1. The third kappa shape index (κ3) is 3.24. The summed E-state index contributed by atoms with van der Waals surface area (Å²) in [4.78, 5) is 26.3. The molecule has 0 aliphatic carbocycles. The van der Waals surface area contributed by atoms with Crippen LogP contribution in [-0.2, 0) is 17.8 Å². The van der Waals surface area contributed by atoms with E-state index >= 15 is 0 Å². The van der Waals surface area contributed by atoms with Gasteiger partial charge in [0.05, 0.1) is 35.7 Å². The molecule has 1 atom stereocenters. The van der Waals surface area contributed by atoms with E-state index in [-0.39, 0.29) is 11.9 Å². The van der Waals surface area contributed by atoms with Crippen molar-refractivity contribution in [1.82, 2.24) is 29.2 Å². The van der Waals surface area contributed by atoms with Crippen LogP contribution in [0.25, 0.3) is 16.7 Å². The fourth-order valence-electron chi connectivity index (χ4n) is 3.65. The first-order valence-electron chi connectivity index (χ1n) is 9.72. The highest BCUT2D eigenvalue weighted by molar-refractivity contribution is 5.84. The molecule has 1 N–H and O–H groups in total. The minimum Gasteiger partial charge on any atom is -0.349 e. The third-order valence-electron chi connectivity index (χ3n) is 4.98. The molecule has 144 valence electrons. The fourth-order valence-corrected chi connectivity index (χ4v) is 3.65. The summed E-state index contributed by atoms with van der Waals surface area (Å²) in [6.45, 7) is 4.58. The minimum atomic E-state index is -0.296. The Balaban J connectivity index is 1.61. The van der Waals surface area contributed by atoms with Gasteiger partial charge in [-0.05, 0) is 25.0 Å². The van der Waals surface area contributed by atoms with Crippen LogP contribution < -0.4 is 5.32 Å². The maximum Gasteiger partial charge on any atom is 0.243 e. The Labute approximate surface area is 163 Å². The van der Waals surface area contributed by atoms with Gasteiger partial charge in [0, 0.05) is 18.8 Å². The van der Waals surface area contributed by atoms with Crippen LogP contribution in [0.1, 0.15) is 44.2 Å². The Morgan fingerprint density at radius 3 is 2.89 bits per heavy atom. The molecule has 0 fully saturated rings. The molecule has 0 unspecified atom stereocenters. The van der Waals surface area contributed by atoms with E-state index in [4.69, 9.17) is 4.98 Å². The normalized spacial score (nSPS) is 12.5. The van der Waals surface area contributed by atoms with Crippen LogP contribution in [0.2, 0.25) is 0 Å². The van der Waals surface area contributed by atoms with Crippen molar-refractivity contribution in [3.05, 3.63) is 60.6 Å². The molecule has 7 nitrogen and oxygen atoms in total. The van der Waals surface area contributed by atoms with E-state index in [1.165, 1.54) is 0 Å². The number of nitrogens with one attached hydrogen (secondary N) is 1. The summed E-state index contributed by atoms with van der Waals surface area (Å²) in [7, 11) is 0. The molecule has 7 heteroatoms. The van der Waals surface area contributed by atoms with E-state index in [0.717, 1.165) is 41.0 Å². The average molecular weight is 376 g/mol. The first kappa shape index (κ1) is 18.2. The van der Waals surface area contributed by atoms with Crippen LogP contribution in [0.3, 0.4) is 0 Å². The number of rotatable bonds is 7. The molecule has 28 heavy (non-hydrogen) atoms. The zero-order valence-corrected chi connectivity index (χ0v) is 16.2. The van der Waals surface area contributed by atoms with Gasteiger partial charge in [-0.3, -0.25) is 14.2 Å². The number of imidazole rings is 2. The van der Waals surface area contributed by atoms with Crippen LogP contribution >= 0.6 is 0 Å². The summed E-state index contributed by atoms with van der Waals surface area (Å²) in [6.07, 6.45) is 9.56. The lowest BCUT2D eigenvalue weighted by molar-refractivity contribution is -0.124. The first-order valence-corrected chi connectivity index (χ1v) is 9.72. The number of carbonyl (C=O) groups excluding carboxylic acids is 1. The SMILES string of the molecule is CCCc1nc2ccccc2n1[C@@H](CC)C(=O)NCc1cnc2cnccn12. The summed E-state index contributed by atoms with van der Waals surface area (Å²) in [5, 5.41) is 3.08. The number of fused-ring (bicyclic) bond motifs is 2. The molecular weight excluding hydrogens is 352 g/mol. The second kappa shape index (κ2) is 7.80. The number of amides is 1. The second-order valence-electron chi connectivity index (χ2n) is 6.83. The van der Waals surface area contributed by atoms with Crippen molar-refractivity contribution in [2.45, 2.75) is 45.7 Å². The molecule has 1 amide bonds. The molecule has 3 aromatic heterocycles. The van der Waals surface area contributed by atoms with Gasteiger partial charge in [0.15, 0.2) is 5.65 Å². The zero-order valence-electron chi connectivity index (χ0n) is 16.2. The molecule has 0 saturated heterocycles. The average Bonchev–Trinajstić information content (AvgIpc) is 3.29. The smallest absolute Gasteiger partial charge is 0.243 e. The predicted octanol–water partition coefficient (Wildman–Crippen LogP) is 3.30. The number of aromatic nitrogens is 5. The summed E-state index contributed by atoms with van der Waals surface area (Å²) in [6, 6.07) is 7.72. The van der Waals surface area contributed by atoms with Crippen molar-refractivity contribution >= 4 is 22.6 Å². The van der Waals surface area contributed by atoms with Gasteiger partial charge in [-0.2, -0.15) is 0 Å². The molecule has 0 spiro atoms. The van der Waals surface area contributed by atoms with E-state index in [1.54, 1.807) is 18.6 Å². The van der Waals surface area contributed by atoms with Gasteiger partial charge in [-0.15, -0.1) is 0 Å². The molecule has 3 heterocycles. The van der Waals surface area contributed by atoms with E-state index < -0.39 is 0 Å². The van der Waals surface area contributed by atoms with E-state index in [9.17, 15) is 4.79 Å². The van der Waals surface area contributed by atoms with Crippen molar-refractivity contribution in [1.29, 1.82) is 0 Å². The number of benzene rings is 1. The number of hydrogen-bond donors (Lipinski definition) is 1. The number of nitrogens with zero attached hydrogens (tertiary/aromatic N) is 5. The molecule has 4 aromatic rings. The summed E-state index contributed by atoms with van der Waals surface area (Å²) in [5.74, 6) is 0.957. The first-order chi connectivity index (χ1) is 13.7. The zero-order chi connectivity index (χ0) is 19.5. The predicted molar refractivity (Wildman–Crippen MR) is 108 cm³/mol. The van der Waals surface area contributed by atoms with E-state index in [2.05, 4.69) is 26.8 Å². The molecule has 0 aliphatic heterocycles. The van der Waals surface area contributed by atoms with Crippen molar-refractivity contribution < 1.29 is 4.79 Å². The molecule has 4 rings (SSSR count). The maximum atomic E-state index is 13.1. The number of aryl methyl sites for hydroxylation is 1. The van der Waals surface area contributed by atoms with Gasteiger partial charge >= 0.3 is 0 Å². The van der Waals surface area contributed by atoms with Gasteiger partial charge in [0.1, 0.15) is 11.9 Å². The fraction of sp³-hybridized carbons (Fsp3) is 0.333. The van der Waals surface area contributed by atoms with Crippen molar-refractivity contribution in [3.8, 4) is 0 Å². The van der Waals surface area contributed by atoms with Gasteiger partial charge < -0.3 is 9.88 Å². The third-order valence-corrected chi connectivity index (χ3v) is 4.98. The number of hydrogen-bond acceptors (Lipinski definition) is 4. The molecule has 0 aliphatic rings. The Hall–Kier alpha value is -3.22. The highest BCUT2D eigenvalue weighted by atomic mass is 16.2. The van der Waals surface area contributed by atoms with E-state index in [1.807, 2.05) is 41.8 Å². The minimum absolute atomic E-state index is 0.00740. The van der Waals surface area contributed by atoms with Crippen LogP contribution in [-0.4, -0.2) is 29.8 Å². The van der Waals surface area contributed by atoms with Gasteiger partial charge in [-0.25, -0.2) is 9.97 Å². The van der Waals surface area contributed by atoms with Crippen molar-refractivity contribution in [2.75, 3.05) is 0 Å². The van der Waals surface area contributed by atoms with Crippen LogP contribution in [0, 0.1) is 0 Å². The Kier molecular flexibility index (Phi) is 5.06. The van der Waals surface area contributed by atoms with Crippen LogP contribution in [0.5, 0.6) is 0 Å². The second-order valence-corrected chi connectivity index (χ2v) is 6.83. The van der Waals surface area contributed by atoms with Crippen molar-refractivity contribution in [3.63, 3.8) is 0 Å². The standard InChI is InChI=1S/C21H24N6O/c1-3-7-19-25-16-8-5-6-9-18(16)27(19)17(4-2)21(28)24-13-15-12-23-20-14-22-10-11-26(15)20/h5-6,8-12,14,17H,3-4,7,13H2,1-2H3,(H,24,28)/t17-/m0/s1. The van der Waals surface area contributed by atoms with Gasteiger partial charge in [0.25, 0.3) is 0 Å².